The van der Waals surface area contributed by atoms with E-state index in [1.807, 2.05) is 31.3 Å². The van der Waals surface area contributed by atoms with Gasteiger partial charge in [0.1, 0.15) is 6.61 Å². The standard InChI is InChI=1S/C20H23Cl2N3O3/c1-3-23(19(27)13-28-2)12-18(26)25-10-9-24-8-4-5-17(24)20(25)14-6-7-15(21)16(22)11-14/h4-8,11,20H,3,9-10,12-13H2,1-2H3. The lowest BCUT2D eigenvalue weighted by Crippen LogP contribution is -2.48. The Bertz CT molecular complexity index is 868. The average molecular weight is 424 g/mol. The molecule has 1 unspecified atom stereocenters. The average Bonchev–Trinajstić information content (AvgIpc) is 3.16. The van der Waals surface area contributed by atoms with E-state index in [0.717, 1.165) is 11.3 Å². The Morgan fingerprint density at radius 2 is 2.00 bits per heavy atom. The van der Waals surface area contributed by atoms with Crippen LogP contribution in [0.15, 0.2) is 36.5 Å². The zero-order chi connectivity index (χ0) is 20.3. The highest BCUT2D eigenvalue weighted by molar-refractivity contribution is 6.42. The first-order valence-corrected chi connectivity index (χ1v) is 9.88. The highest BCUT2D eigenvalue weighted by Gasteiger charge is 2.33. The number of aromatic nitrogens is 1. The highest BCUT2D eigenvalue weighted by Crippen LogP contribution is 2.35. The predicted molar refractivity (Wildman–Crippen MR) is 109 cm³/mol. The number of nitrogens with zero attached hydrogens (tertiary/aromatic N) is 3. The first-order valence-electron chi connectivity index (χ1n) is 9.12. The molecule has 0 bridgehead atoms. The number of methoxy groups -OCH3 is 1. The third-order valence-electron chi connectivity index (χ3n) is 4.95. The van der Waals surface area contributed by atoms with Gasteiger partial charge in [0.15, 0.2) is 0 Å². The molecule has 2 amide bonds. The molecule has 1 aliphatic heterocycles. The molecule has 28 heavy (non-hydrogen) atoms. The minimum Gasteiger partial charge on any atom is -0.375 e. The molecule has 6 nitrogen and oxygen atoms in total. The predicted octanol–water partition coefficient (Wildman–Crippen LogP) is 3.22. The Hall–Kier alpha value is -2.02. The normalized spacial score (nSPS) is 16.0. The van der Waals surface area contributed by atoms with Crippen molar-refractivity contribution < 1.29 is 14.3 Å². The molecule has 1 aromatic heterocycles. The zero-order valence-electron chi connectivity index (χ0n) is 15.9. The van der Waals surface area contributed by atoms with Gasteiger partial charge in [0.25, 0.3) is 0 Å². The number of amides is 2. The van der Waals surface area contributed by atoms with Crippen LogP contribution in [-0.4, -0.2) is 59.5 Å². The second kappa shape index (κ2) is 8.99. The minimum absolute atomic E-state index is 0.0111. The van der Waals surface area contributed by atoms with Crippen LogP contribution in [0.4, 0.5) is 0 Å². The number of benzene rings is 1. The molecule has 2 heterocycles. The van der Waals surface area contributed by atoms with Gasteiger partial charge in [-0.05, 0) is 36.8 Å². The maximum Gasteiger partial charge on any atom is 0.249 e. The van der Waals surface area contributed by atoms with E-state index in [-0.39, 0.29) is 31.0 Å². The van der Waals surface area contributed by atoms with Crippen LogP contribution in [0.25, 0.3) is 0 Å². The maximum absolute atomic E-state index is 13.2. The van der Waals surface area contributed by atoms with Crippen LogP contribution in [0.2, 0.25) is 10.0 Å². The van der Waals surface area contributed by atoms with Gasteiger partial charge in [0, 0.05) is 38.6 Å². The van der Waals surface area contributed by atoms with Crippen molar-refractivity contribution in [1.82, 2.24) is 14.4 Å². The fourth-order valence-corrected chi connectivity index (χ4v) is 3.84. The van der Waals surface area contributed by atoms with Crippen molar-refractivity contribution in [3.8, 4) is 0 Å². The third-order valence-corrected chi connectivity index (χ3v) is 5.69. The van der Waals surface area contributed by atoms with E-state index in [4.69, 9.17) is 27.9 Å². The van der Waals surface area contributed by atoms with E-state index < -0.39 is 0 Å². The monoisotopic (exact) mass is 423 g/mol. The number of rotatable bonds is 6. The van der Waals surface area contributed by atoms with Crippen molar-refractivity contribution in [3.63, 3.8) is 0 Å². The fraction of sp³-hybridized carbons (Fsp3) is 0.400. The molecule has 1 aromatic carbocycles. The second-order valence-corrected chi connectivity index (χ2v) is 7.44. The van der Waals surface area contributed by atoms with E-state index in [9.17, 15) is 9.59 Å². The summed E-state index contributed by atoms with van der Waals surface area (Å²) in [7, 11) is 1.46. The van der Waals surface area contributed by atoms with E-state index in [2.05, 4.69) is 4.57 Å². The van der Waals surface area contributed by atoms with E-state index >= 15 is 0 Å². The highest BCUT2D eigenvalue weighted by atomic mass is 35.5. The van der Waals surface area contributed by atoms with Crippen molar-refractivity contribution in [2.24, 2.45) is 0 Å². The Labute approximate surface area is 174 Å². The van der Waals surface area contributed by atoms with E-state index in [1.165, 1.54) is 12.0 Å². The molecule has 0 fully saturated rings. The number of ether oxygens (including phenoxy) is 1. The minimum atomic E-state index is -0.290. The van der Waals surface area contributed by atoms with Gasteiger partial charge in [0.05, 0.1) is 22.6 Å². The van der Waals surface area contributed by atoms with Crippen LogP contribution in [0, 0.1) is 0 Å². The molecule has 0 saturated heterocycles. The zero-order valence-corrected chi connectivity index (χ0v) is 17.4. The van der Waals surface area contributed by atoms with Crippen LogP contribution in [-0.2, 0) is 20.9 Å². The third kappa shape index (κ3) is 4.19. The Kier molecular flexibility index (Phi) is 6.65. The van der Waals surface area contributed by atoms with Crippen LogP contribution >= 0.6 is 23.2 Å². The molecule has 150 valence electrons. The van der Waals surface area contributed by atoms with Crippen LogP contribution in [0.5, 0.6) is 0 Å². The summed E-state index contributed by atoms with van der Waals surface area (Å²) in [5.74, 6) is -0.320. The topological polar surface area (TPSA) is 54.8 Å². The van der Waals surface area contributed by atoms with E-state index in [1.54, 1.807) is 17.0 Å². The van der Waals surface area contributed by atoms with Crippen LogP contribution in [0.3, 0.4) is 0 Å². The van der Waals surface area contributed by atoms with Crippen LogP contribution in [0.1, 0.15) is 24.2 Å². The summed E-state index contributed by atoms with van der Waals surface area (Å²) in [6.07, 6.45) is 2.00. The Morgan fingerprint density at radius 1 is 1.21 bits per heavy atom. The Balaban J connectivity index is 1.91. The summed E-state index contributed by atoms with van der Waals surface area (Å²) in [6.45, 7) is 3.50. The molecule has 8 heteroatoms. The number of halogens is 2. The van der Waals surface area contributed by atoms with Gasteiger partial charge < -0.3 is 19.1 Å². The number of fused-ring (bicyclic) bond motifs is 1. The van der Waals surface area contributed by atoms with Crippen LogP contribution < -0.4 is 0 Å². The summed E-state index contributed by atoms with van der Waals surface area (Å²) in [5.41, 5.74) is 1.89. The summed E-state index contributed by atoms with van der Waals surface area (Å²) in [5, 5.41) is 0.914. The molecule has 0 N–H and O–H groups in total. The molecule has 0 radical (unpaired) electrons. The van der Waals surface area contributed by atoms with Crippen molar-refractivity contribution in [3.05, 3.63) is 57.8 Å². The van der Waals surface area contributed by atoms with Gasteiger partial charge in [-0.15, -0.1) is 0 Å². The lowest BCUT2D eigenvalue weighted by atomic mass is 9.99. The van der Waals surface area contributed by atoms with Crippen molar-refractivity contribution >= 4 is 35.0 Å². The van der Waals surface area contributed by atoms with Gasteiger partial charge in [-0.3, -0.25) is 9.59 Å². The molecule has 3 rings (SSSR count). The second-order valence-electron chi connectivity index (χ2n) is 6.63. The van der Waals surface area contributed by atoms with Gasteiger partial charge in [-0.1, -0.05) is 29.3 Å². The number of carbonyl (C=O) groups excluding carboxylic acids is 2. The first-order chi connectivity index (χ1) is 13.5. The van der Waals surface area contributed by atoms with Gasteiger partial charge >= 0.3 is 0 Å². The lowest BCUT2D eigenvalue weighted by Gasteiger charge is -2.38. The molecule has 1 atom stereocenters. The summed E-state index contributed by atoms with van der Waals surface area (Å²) in [6, 6.07) is 9.10. The largest absolute Gasteiger partial charge is 0.375 e. The van der Waals surface area contributed by atoms with Gasteiger partial charge in [-0.25, -0.2) is 0 Å². The Morgan fingerprint density at radius 3 is 2.68 bits per heavy atom. The molecular weight excluding hydrogens is 401 g/mol. The lowest BCUT2D eigenvalue weighted by molar-refractivity contribution is -0.143. The number of hydrogen-bond donors (Lipinski definition) is 0. The molecule has 1 aliphatic rings. The molecule has 2 aromatic rings. The molecule has 0 saturated carbocycles. The molecule has 0 aliphatic carbocycles. The molecule has 0 spiro atoms. The molecular formula is C20H23Cl2N3O3. The first kappa shape index (κ1) is 20.7. The fourth-order valence-electron chi connectivity index (χ4n) is 3.53. The summed E-state index contributed by atoms with van der Waals surface area (Å²) >= 11 is 12.3. The summed E-state index contributed by atoms with van der Waals surface area (Å²) < 4.78 is 7.05. The van der Waals surface area contributed by atoms with Crippen molar-refractivity contribution in [2.75, 3.05) is 33.4 Å². The number of likely N-dealkylation sites (N-methyl/N-ethyl adjacent to an activating group) is 1. The summed E-state index contributed by atoms with van der Waals surface area (Å²) in [4.78, 5) is 28.7. The van der Waals surface area contributed by atoms with E-state index in [0.29, 0.717) is 29.7 Å². The quantitative estimate of drug-likeness (QED) is 0.716. The SMILES string of the molecule is CCN(CC(=O)N1CCn2cccc2C1c1ccc(Cl)c(Cl)c1)C(=O)COC. The number of carbonyl (C=O) groups is 2. The van der Waals surface area contributed by atoms with Crippen molar-refractivity contribution in [2.45, 2.75) is 19.5 Å². The van der Waals surface area contributed by atoms with Gasteiger partial charge in [0.2, 0.25) is 11.8 Å². The van der Waals surface area contributed by atoms with Gasteiger partial charge in [-0.2, -0.15) is 0 Å². The maximum atomic E-state index is 13.2. The van der Waals surface area contributed by atoms with Crippen molar-refractivity contribution in [1.29, 1.82) is 0 Å². The number of hydrogen-bond acceptors (Lipinski definition) is 3. The smallest absolute Gasteiger partial charge is 0.249 e.